The van der Waals surface area contributed by atoms with Crippen LogP contribution in [0, 0.1) is 5.92 Å². The van der Waals surface area contributed by atoms with Crippen LogP contribution in [0.25, 0.3) is 0 Å². The van der Waals surface area contributed by atoms with Gasteiger partial charge in [0.15, 0.2) is 0 Å². The first-order chi connectivity index (χ1) is 5.14. The van der Waals surface area contributed by atoms with Crippen molar-refractivity contribution < 1.29 is 0 Å². The summed E-state index contributed by atoms with van der Waals surface area (Å²) in [7, 11) is 3.07. The number of rotatable bonds is 5. The van der Waals surface area contributed by atoms with Gasteiger partial charge in [0.1, 0.15) is 0 Å². The molecule has 0 N–H and O–H groups in total. The molecule has 0 saturated heterocycles. The van der Waals surface area contributed by atoms with E-state index >= 15 is 0 Å². The van der Waals surface area contributed by atoms with Crippen molar-refractivity contribution in [2.45, 2.75) is 58.5 Å². The molecule has 0 fully saturated rings. The predicted octanol–water partition coefficient (Wildman–Crippen LogP) is 3.86. The van der Waals surface area contributed by atoms with Crippen molar-refractivity contribution in [3.8, 4) is 0 Å². The molecule has 0 amide bonds. The lowest BCUT2D eigenvalue weighted by Gasteiger charge is -2.35. The van der Waals surface area contributed by atoms with Gasteiger partial charge in [-0.2, -0.15) is 0 Å². The van der Waals surface area contributed by atoms with Gasteiger partial charge >= 0.3 is 0 Å². The monoisotopic (exact) mass is 174 g/mol. The summed E-state index contributed by atoms with van der Waals surface area (Å²) < 4.78 is 0. The molecule has 0 spiro atoms. The maximum Gasteiger partial charge on any atom is -0.0127 e. The van der Waals surface area contributed by atoms with E-state index in [9.17, 15) is 0 Å². The van der Waals surface area contributed by atoms with E-state index in [-0.39, 0.29) is 0 Å². The summed E-state index contributed by atoms with van der Waals surface area (Å²) in [6.45, 7) is 9.21. The summed E-state index contributed by atoms with van der Waals surface area (Å²) in [6, 6.07) is 0. The van der Waals surface area contributed by atoms with Gasteiger partial charge in [-0.1, -0.05) is 40.5 Å². The molecule has 68 valence electrons. The van der Waals surface area contributed by atoms with Crippen LogP contribution in [-0.4, -0.2) is 5.16 Å². The lowest BCUT2D eigenvalue weighted by Crippen LogP contribution is -2.28. The predicted molar refractivity (Wildman–Crippen MR) is 57.1 cm³/mol. The van der Waals surface area contributed by atoms with Crippen LogP contribution in [0.4, 0.5) is 0 Å². The van der Waals surface area contributed by atoms with Crippen molar-refractivity contribution in [1.82, 2.24) is 0 Å². The van der Waals surface area contributed by atoms with E-state index in [1.165, 1.54) is 25.7 Å². The molecule has 1 unspecified atom stereocenters. The van der Waals surface area contributed by atoms with Crippen molar-refractivity contribution in [1.29, 1.82) is 0 Å². The van der Waals surface area contributed by atoms with E-state index in [1.807, 2.05) is 0 Å². The minimum atomic E-state index is 0.517. The number of hydrogen-bond acceptors (Lipinski definition) is 0. The molecule has 0 radical (unpaired) electrons. The highest BCUT2D eigenvalue weighted by Gasteiger charge is 2.27. The normalized spacial score (nSPS) is 12.5. The zero-order chi connectivity index (χ0) is 8.91. The van der Waals surface area contributed by atoms with E-state index in [4.69, 9.17) is 0 Å². The van der Waals surface area contributed by atoms with E-state index < -0.39 is 0 Å². The van der Waals surface area contributed by atoms with E-state index in [0.29, 0.717) is 5.16 Å². The molecule has 0 aliphatic rings. The smallest absolute Gasteiger partial charge is 0.0127 e. The molecule has 1 atom stereocenters. The van der Waals surface area contributed by atoms with Gasteiger partial charge in [0.05, 0.1) is 0 Å². The Morgan fingerprint density at radius 3 is 1.45 bits per heavy atom. The Morgan fingerprint density at radius 2 is 1.36 bits per heavy atom. The highest BCUT2D eigenvalue weighted by Crippen LogP contribution is 2.38. The van der Waals surface area contributed by atoms with Crippen LogP contribution in [0.1, 0.15) is 53.4 Å². The first-order valence-electron chi connectivity index (χ1n) is 4.93. The van der Waals surface area contributed by atoms with Crippen LogP contribution in [0.2, 0.25) is 0 Å². The quantitative estimate of drug-likeness (QED) is 0.555. The van der Waals surface area contributed by atoms with Crippen LogP contribution >= 0.6 is 9.24 Å². The van der Waals surface area contributed by atoms with Gasteiger partial charge in [-0.05, 0) is 23.9 Å². The van der Waals surface area contributed by atoms with Gasteiger partial charge in [-0.3, -0.25) is 0 Å². The second-order valence-electron chi connectivity index (χ2n) is 3.45. The molecule has 1 heteroatoms. The lowest BCUT2D eigenvalue weighted by molar-refractivity contribution is 0.334. The average Bonchev–Trinajstić information content (AvgIpc) is 2.06. The third-order valence-corrected chi connectivity index (χ3v) is 4.40. The summed E-state index contributed by atoms with van der Waals surface area (Å²) in [5, 5.41) is 0.517. The Kier molecular flexibility index (Phi) is 5.34. The lowest BCUT2D eigenvalue weighted by atomic mass is 9.83. The van der Waals surface area contributed by atoms with Crippen molar-refractivity contribution in [2.24, 2.45) is 5.92 Å². The summed E-state index contributed by atoms with van der Waals surface area (Å²) in [5.41, 5.74) is 0. The van der Waals surface area contributed by atoms with Gasteiger partial charge in [0, 0.05) is 0 Å². The maximum atomic E-state index is 3.07. The Bertz CT molecular complexity index is 91.0. The fourth-order valence-electron chi connectivity index (χ4n) is 1.93. The first kappa shape index (κ1) is 11.4. The van der Waals surface area contributed by atoms with E-state index in [1.54, 1.807) is 0 Å². The summed E-state index contributed by atoms with van der Waals surface area (Å²) in [6.07, 6.45) is 5.23. The van der Waals surface area contributed by atoms with Crippen LogP contribution in [0.5, 0.6) is 0 Å². The molecule has 0 saturated carbocycles. The second-order valence-corrected chi connectivity index (χ2v) is 4.60. The fraction of sp³-hybridized carbons (Fsp3) is 1.00. The third-order valence-electron chi connectivity index (χ3n) is 3.12. The van der Waals surface area contributed by atoms with E-state index in [2.05, 4.69) is 36.9 Å². The zero-order valence-corrected chi connectivity index (χ0v) is 9.64. The topological polar surface area (TPSA) is 0 Å². The molecule has 0 bridgehead atoms. The second kappa shape index (κ2) is 5.14. The van der Waals surface area contributed by atoms with Crippen molar-refractivity contribution in [3.63, 3.8) is 0 Å². The maximum absolute atomic E-state index is 3.07. The summed E-state index contributed by atoms with van der Waals surface area (Å²) in [5.74, 6) is 0.891. The highest BCUT2D eigenvalue weighted by atomic mass is 31.0. The molecule has 0 nitrogen and oxygen atoms in total. The van der Waals surface area contributed by atoms with Crippen molar-refractivity contribution in [2.75, 3.05) is 0 Å². The minimum Gasteiger partial charge on any atom is -0.131 e. The SMILES string of the molecule is CCC(CC)C(P)(CC)CC. The summed E-state index contributed by atoms with van der Waals surface area (Å²) >= 11 is 0. The van der Waals surface area contributed by atoms with Gasteiger partial charge in [0.25, 0.3) is 0 Å². The first-order valence-corrected chi connectivity index (χ1v) is 5.51. The van der Waals surface area contributed by atoms with Gasteiger partial charge in [-0.15, -0.1) is 9.24 Å². The fourth-order valence-corrected chi connectivity index (χ4v) is 2.40. The molecule has 0 aromatic rings. The molecule has 11 heavy (non-hydrogen) atoms. The van der Waals surface area contributed by atoms with Crippen molar-refractivity contribution >= 4 is 9.24 Å². The molecule has 0 aliphatic carbocycles. The van der Waals surface area contributed by atoms with Gasteiger partial charge in [0.2, 0.25) is 0 Å². The van der Waals surface area contributed by atoms with Gasteiger partial charge < -0.3 is 0 Å². The molecule has 0 aromatic heterocycles. The van der Waals surface area contributed by atoms with Crippen LogP contribution < -0.4 is 0 Å². The third kappa shape index (κ3) is 2.75. The van der Waals surface area contributed by atoms with Crippen LogP contribution in [-0.2, 0) is 0 Å². The molecular formula is C10H23P. The molecular weight excluding hydrogens is 151 g/mol. The Morgan fingerprint density at radius 1 is 1.00 bits per heavy atom. The Hall–Kier alpha value is 0.430. The summed E-state index contributed by atoms with van der Waals surface area (Å²) in [4.78, 5) is 0. The van der Waals surface area contributed by atoms with Crippen molar-refractivity contribution in [3.05, 3.63) is 0 Å². The molecule has 0 rings (SSSR count). The number of hydrogen-bond donors (Lipinski definition) is 0. The Labute approximate surface area is 74.4 Å². The average molecular weight is 174 g/mol. The van der Waals surface area contributed by atoms with Crippen LogP contribution in [0.3, 0.4) is 0 Å². The Balaban J connectivity index is 4.19. The molecule has 0 heterocycles. The molecule has 0 aromatic carbocycles. The highest BCUT2D eigenvalue weighted by molar-refractivity contribution is 7.19. The molecule has 0 aliphatic heterocycles. The van der Waals surface area contributed by atoms with E-state index in [0.717, 1.165) is 5.92 Å². The van der Waals surface area contributed by atoms with Crippen LogP contribution in [0.15, 0.2) is 0 Å². The standard InChI is InChI=1S/C10H23P/c1-5-9(6-2)10(11,7-3)8-4/h9H,5-8,11H2,1-4H3. The van der Waals surface area contributed by atoms with Gasteiger partial charge in [-0.25, -0.2) is 0 Å². The largest absolute Gasteiger partial charge is 0.131 e. The minimum absolute atomic E-state index is 0.517. The zero-order valence-electron chi connectivity index (χ0n) is 8.48.